The van der Waals surface area contributed by atoms with Crippen molar-refractivity contribution >= 4 is 29.5 Å². The van der Waals surface area contributed by atoms with Gasteiger partial charge in [0.25, 0.3) is 17.7 Å². The largest absolute Gasteiger partial charge is 0.483 e. The highest BCUT2D eigenvalue weighted by atomic mass is 16.5. The first-order valence-electron chi connectivity index (χ1n) is 10.4. The van der Waals surface area contributed by atoms with Crippen LogP contribution in [0, 0.1) is 0 Å². The molecule has 1 atom stereocenters. The predicted molar refractivity (Wildman–Crippen MR) is 111 cm³/mol. The van der Waals surface area contributed by atoms with Crippen molar-refractivity contribution in [3.8, 4) is 5.75 Å². The van der Waals surface area contributed by atoms with Crippen LogP contribution in [0.3, 0.4) is 0 Å². The standard InChI is InChI=1S/C19H21N3O8.C2H6/c23-7-9-29-8-6-20-15(25)10-30-13-3-1-2-11-16(13)19(28)22(18(11)27)12-4-5-14(24)21-17(12)26;1-2/h1-3,12,23H,4-10H2,(H,20,25)(H,21,24,26);1-2H3. The summed E-state index contributed by atoms with van der Waals surface area (Å²) in [6.45, 7) is 4.11. The van der Waals surface area contributed by atoms with Crippen LogP contribution in [0.4, 0.5) is 0 Å². The highest BCUT2D eigenvalue weighted by Gasteiger charge is 2.46. The molecule has 0 bridgehead atoms. The molecule has 5 amide bonds. The van der Waals surface area contributed by atoms with Crippen LogP contribution in [0.15, 0.2) is 18.2 Å². The van der Waals surface area contributed by atoms with Gasteiger partial charge in [-0.1, -0.05) is 19.9 Å². The topological polar surface area (TPSA) is 151 Å². The quantitative estimate of drug-likeness (QED) is 0.341. The third-order valence-corrected chi connectivity index (χ3v) is 4.59. The SMILES string of the molecule is CC.O=C(COc1cccc2c1C(=O)N(C1CCC(=O)NC1=O)C2=O)NCCOCCO. The van der Waals surface area contributed by atoms with Gasteiger partial charge in [-0.25, -0.2) is 0 Å². The van der Waals surface area contributed by atoms with E-state index in [4.69, 9.17) is 14.6 Å². The van der Waals surface area contributed by atoms with Gasteiger partial charge in [-0.3, -0.25) is 34.2 Å². The van der Waals surface area contributed by atoms with Crippen molar-refractivity contribution in [2.24, 2.45) is 0 Å². The van der Waals surface area contributed by atoms with Gasteiger partial charge in [0, 0.05) is 13.0 Å². The summed E-state index contributed by atoms with van der Waals surface area (Å²) >= 11 is 0. The van der Waals surface area contributed by atoms with Gasteiger partial charge in [-0.2, -0.15) is 0 Å². The Morgan fingerprint density at radius 1 is 1.19 bits per heavy atom. The number of piperidine rings is 1. The average molecular weight is 449 g/mol. The molecule has 3 rings (SSSR count). The molecule has 1 aromatic rings. The lowest BCUT2D eigenvalue weighted by atomic mass is 10.0. The molecule has 2 aliphatic rings. The van der Waals surface area contributed by atoms with Crippen LogP contribution < -0.4 is 15.4 Å². The maximum Gasteiger partial charge on any atom is 0.266 e. The van der Waals surface area contributed by atoms with E-state index >= 15 is 0 Å². The molecule has 1 aromatic carbocycles. The lowest BCUT2D eigenvalue weighted by Gasteiger charge is -2.27. The van der Waals surface area contributed by atoms with Crippen LogP contribution in [0.5, 0.6) is 5.75 Å². The molecule has 0 aliphatic carbocycles. The summed E-state index contributed by atoms with van der Waals surface area (Å²) in [5, 5.41) is 13.3. The second-order valence-corrected chi connectivity index (χ2v) is 6.60. The van der Waals surface area contributed by atoms with E-state index in [1.807, 2.05) is 13.8 Å². The number of benzene rings is 1. The number of imide groups is 2. The number of nitrogens with zero attached hydrogens (tertiary/aromatic N) is 1. The number of hydrogen-bond donors (Lipinski definition) is 3. The van der Waals surface area contributed by atoms with Gasteiger partial charge in [-0.05, 0) is 18.6 Å². The van der Waals surface area contributed by atoms with Crippen LogP contribution in [-0.2, 0) is 19.1 Å². The predicted octanol–water partition coefficient (Wildman–Crippen LogP) is -0.382. The zero-order valence-electron chi connectivity index (χ0n) is 18.0. The van der Waals surface area contributed by atoms with E-state index in [2.05, 4.69) is 10.6 Å². The molecule has 1 saturated heterocycles. The van der Waals surface area contributed by atoms with Crippen molar-refractivity contribution in [1.29, 1.82) is 0 Å². The molecule has 0 saturated carbocycles. The highest BCUT2D eigenvalue weighted by molar-refractivity contribution is 6.24. The fourth-order valence-electron chi connectivity index (χ4n) is 3.23. The molecule has 32 heavy (non-hydrogen) atoms. The van der Waals surface area contributed by atoms with Crippen LogP contribution in [-0.4, -0.2) is 78.6 Å². The number of hydrogen-bond acceptors (Lipinski definition) is 8. The van der Waals surface area contributed by atoms with Gasteiger partial charge in [0.1, 0.15) is 11.8 Å². The van der Waals surface area contributed by atoms with Gasteiger partial charge in [0.05, 0.1) is 30.9 Å². The normalized spacial score (nSPS) is 17.3. The molecular weight excluding hydrogens is 422 g/mol. The molecule has 0 aromatic heterocycles. The Bertz CT molecular complexity index is 886. The molecule has 1 unspecified atom stereocenters. The van der Waals surface area contributed by atoms with Crippen molar-refractivity contribution in [3.63, 3.8) is 0 Å². The van der Waals surface area contributed by atoms with E-state index in [9.17, 15) is 24.0 Å². The molecule has 0 radical (unpaired) electrons. The minimum atomic E-state index is -1.08. The molecule has 11 heteroatoms. The Balaban J connectivity index is 0.00000176. The number of aliphatic hydroxyl groups is 1. The fraction of sp³-hybridized carbons (Fsp3) is 0.476. The second-order valence-electron chi connectivity index (χ2n) is 6.60. The summed E-state index contributed by atoms with van der Waals surface area (Å²) < 4.78 is 10.5. The summed E-state index contributed by atoms with van der Waals surface area (Å²) in [7, 11) is 0. The molecule has 1 fully saturated rings. The number of carbonyl (C=O) groups excluding carboxylic acids is 5. The first-order valence-corrected chi connectivity index (χ1v) is 10.4. The summed E-state index contributed by atoms with van der Waals surface area (Å²) in [5.41, 5.74) is 0.0475. The molecule has 0 spiro atoms. The number of carbonyl (C=O) groups is 5. The summed E-state index contributed by atoms with van der Waals surface area (Å²) in [5.74, 6) is -2.93. The number of rotatable bonds is 9. The first-order chi connectivity index (χ1) is 15.4. The molecule has 174 valence electrons. The van der Waals surface area contributed by atoms with E-state index in [0.717, 1.165) is 4.90 Å². The van der Waals surface area contributed by atoms with Crippen molar-refractivity contribution in [3.05, 3.63) is 29.3 Å². The second kappa shape index (κ2) is 11.9. The van der Waals surface area contributed by atoms with E-state index in [1.54, 1.807) is 0 Å². The number of ether oxygens (including phenoxy) is 2. The Morgan fingerprint density at radius 3 is 2.62 bits per heavy atom. The zero-order valence-corrected chi connectivity index (χ0v) is 18.0. The van der Waals surface area contributed by atoms with E-state index in [0.29, 0.717) is 0 Å². The zero-order chi connectivity index (χ0) is 23.7. The molecule has 2 heterocycles. The van der Waals surface area contributed by atoms with Crippen molar-refractivity contribution in [1.82, 2.24) is 15.5 Å². The van der Waals surface area contributed by atoms with Gasteiger partial charge < -0.3 is 19.9 Å². The van der Waals surface area contributed by atoms with Gasteiger partial charge in [0.15, 0.2) is 6.61 Å². The van der Waals surface area contributed by atoms with Crippen LogP contribution in [0.2, 0.25) is 0 Å². The van der Waals surface area contributed by atoms with Crippen LogP contribution >= 0.6 is 0 Å². The lowest BCUT2D eigenvalue weighted by Crippen LogP contribution is -2.54. The highest BCUT2D eigenvalue weighted by Crippen LogP contribution is 2.33. The van der Waals surface area contributed by atoms with Gasteiger partial charge in [0.2, 0.25) is 11.8 Å². The Hall–Kier alpha value is -3.31. The Morgan fingerprint density at radius 2 is 1.94 bits per heavy atom. The van der Waals surface area contributed by atoms with Gasteiger partial charge in [-0.15, -0.1) is 0 Å². The molecule has 11 nitrogen and oxygen atoms in total. The van der Waals surface area contributed by atoms with Crippen molar-refractivity contribution < 1.29 is 38.6 Å². The van der Waals surface area contributed by atoms with E-state index in [1.165, 1.54) is 18.2 Å². The van der Waals surface area contributed by atoms with E-state index < -0.39 is 42.2 Å². The monoisotopic (exact) mass is 449 g/mol. The maximum absolute atomic E-state index is 12.9. The smallest absolute Gasteiger partial charge is 0.266 e. The minimum absolute atomic E-state index is 0.0220. The fourth-order valence-corrected chi connectivity index (χ4v) is 3.23. The third-order valence-electron chi connectivity index (χ3n) is 4.59. The lowest BCUT2D eigenvalue weighted by molar-refractivity contribution is -0.136. The van der Waals surface area contributed by atoms with Crippen molar-refractivity contribution in [2.75, 3.05) is 33.0 Å². The van der Waals surface area contributed by atoms with Gasteiger partial charge >= 0.3 is 0 Å². The minimum Gasteiger partial charge on any atom is -0.483 e. The Kier molecular flexibility index (Phi) is 9.29. The average Bonchev–Trinajstić information content (AvgIpc) is 3.04. The summed E-state index contributed by atoms with van der Waals surface area (Å²) in [6, 6.07) is 3.32. The number of aliphatic hydroxyl groups excluding tert-OH is 1. The molecular formula is C21H27N3O8. The number of nitrogens with one attached hydrogen (secondary N) is 2. The molecule has 3 N–H and O–H groups in total. The van der Waals surface area contributed by atoms with Crippen LogP contribution in [0.25, 0.3) is 0 Å². The molecule has 2 aliphatic heterocycles. The summed E-state index contributed by atoms with van der Waals surface area (Å²) in [4.78, 5) is 61.8. The third kappa shape index (κ3) is 5.68. The number of amides is 5. The maximum atomic E-state index is 12.9. The first kappa shape index (κ1) is 25.0. The van der Waals surface area contributed by atoms with E-state index in [-0.39, 0.29) is 56.1 Å². The van der Waals surface area contributed by atoms with Crippen LogP contribution in [0.1, 0.15) is 47.4 Å². The Labute approximate surface area is 185 Å². The number of fused-ring (bicyclic) bond motifs is 1. The summed E-state index contributed by atoms with van der Waals surface area (Å²) in [6.07, 6.45) is 0.0719. The van der Waals surface area contributed by atoms with Crippen molar-refractivity contribution in [2.45, 2.75) is 32.7 Å².